The molecule has 3 fully saturated rings. The first-order valence-corrected chi connectivity index (χ1v) is 8.71. The standard InChI is InChI=1S/C19H21NO3/c1-2-12-4-6-16-14-5-3-11-10-20(22)8-7-13(11)17(14)15-9-19(12,16)23-18(15)21/h2,7-8,10,12,14-17H,1,3-6,9H2/t12-,14+,15+,16+,17+,19+/m1/s1. The zero-order chi connectivity index (χ0) is 15.8. The van der Waals surface area contributed by atoms with E-state index >= 15 is 0 Å². The van der Waals surface area contributed by atoms with Crippen molar-refractivity contribution in [3.05, 3.63) is 47.4 Å². The minimum atomic E-state index is -0.282. The number of nitrogens with zero attached hydrogens (tertiary/aromatic N) is 1. The van der Waals surface area contributed by atoms with Gasteiger partial charge < -0.3 is 9.94 Å². The van der Waals surface area contributed by atoms with Gasteiger partial charge in [-0.2, -0.15) is 4.73 Å². The molecule has 0 amide bonds. The summed E-state index contributed by atoms with van der Waals surface area (Å²) in [6.07, 6.45) is 10.3. The predicted molar refractivity (Wildman–Crippen MR) is 83.3 cm³/mol. The molecule has 2 heterocycles. The number of aromatic nitrogens is 1. The van der Waals surface area contributed by atoms with Crippen LogP contribution in [-0.4, -0.2) is 11.6 Å². The van der Waals surface area contributed by atoms with E-state index in [1.807, 2.05) is 12.1 Å². The number of hydrogen-bond donors (Lipinski definition) is 0. The van der Waals surface area contributed by atoms with E-state index in [0.717, 1.165) is 42.4 Å². The van der Waals surface area contributed by atoms with Crippen LogP contribution in [0, 0.1) is 28.9 Å². The van der Waals surface area contributed by atoms with E-state index in [-0.39, 0.29) is 23.4 Å². The normalized spacial score (nSPS) is 43.3. The van der Waals surface area contributed by atoms with E-state index in [0.29, 0.717) is 17.8 Å². The molecule has 0 unspecified atom stereocenters. The second-order valence-corrected chi connectivity index (χ2v) is 7.73. The smallest absolute Gasteiger partial charge is 0.310 e. The van der Waals surface area contributed by atoms with Crippen LogP contribution in [0.2, 0.25) is 0 Å². The van der Waals surface area contributed by atoms with Crippen molar-refractivity contribution in [3.8, 4) is 0 Å². The third-order valence-electron chi connectivity index (χ3n) is 7.03. The summed E-state index contributed by atoms with van der Waals surface area (Å²) in [5, 5.41) is 11.6. The molecule has 120 valence electrons. The Morgan fingerprint density at radius 2 is 2.26 bits per heavy atom. The maximum atomic E-state index is 12.7. The van der Waals surface area contributed by atoms with E-state index in [9.17, 15) is 10.0 Å². The SMILES string of the molecule is C=C[C@@H]1CC[C@H]2[C@@H]3CCc4c[n+]([O-])ccc4[C@@H]3[C@@H]3C[C@]12OC3=O. The van der Waals surface area contributed by atoms with Gasteiger partial charge in [-0.3, -0.25) is 4.79 Å². The average Bonchev–Trinajstić information content (AvgIpc) is 3.05. The van der Waals surface area contributed by atoms with Crippen LogP contribution in [0.4, 0.5) is 0 Å². The van der Waals surface area contributed by atoms with Gasteiger partial charge in [0.25, 0.3) is 0 Å². The Morgan fingerprint density at radius 1 is 1.39 bits per heavy atom. The highest BCUT2D eigenvalue weighted by molar-refractivity contribution is 5.78. The molecule has 3 aliphatic carbocycles. The van der Waals surface area contributed by atoms with Crippen LogP contribution < -0.4 is 4.73 Å². The third kappa shape index (κ3) is 1.57. The van der Waals surface area contributed by atoms with Crippen molar-refractivity contribution in [2.75, 3.05) is 0 Å². The van der Waals surface area contributed by atoms with E-state index in [1.165, 1.54) is 5.56 Å². The molecule has 1 aromatic heterocycles. The number of ether oxygens (including phenoxy) is 1. The van der Waals surface area contributed by atoms with Gasteiger partial charge in [0.05, 0.1) is 5.92 Å². The van der Waals surface area contributed by atoms with Crippen LogP contribution in [-0.2, 0) is 16.0 Å². The molecule has 23 heavy (non-hydrogen) atoms. The summed E-state index contributed by atoms with van der Waals surface area (Å²) in [6.45, 7) is 3.99. The summed E-state index contributed by atoms with van der Waals surface area (Å²) >= 11 is 0. The molecule has 0 radical (unpaired) electrons. The lowest BCUT2D eigenvalue weighted by Crippen LogP contribution is -2.48. The zero-order valence-electron chi connectivity index (χ0n) is 13.1. The second kappa shape index (κ2) is 4.37. The molecule has 2 saturated carbocycles. The average molecular weight is 311 g/mol. The highest BCUT2D eigenvalue weighted by atomic mass is 16.6. The van der Waals surface area contributed by atoms with Gasteiger partial charge in [-0.05, 0) is 37.2 Å². The van der Waals surface area contributed by atoms with Crippen molar-refractivity contribution in [3.63, 3.8) is 0 Å². The van der Waals surface area contributed by atoms with Crippen LogP contribution in [0.3, 0.4) is 0 Å². The highest BCUT2D eigenvalue weighted by Crippen LogP contribution is 2.65. The largest absolute Gasteiger partial charge is 0.619 e. The minimum absolute atomic E-state index is 0.0250. The van der Waals surface area contributed by atoms with Gasteiger partial charge in [-0.15, -0.1) is 6.58 Å². The quantitative estimate of drug-likeness (QED) is 0.346. The first kappa shape index (κ1) is 13.6. The van der Waals surface area contributed by atoms with Gasteiger partial charge >= 0.3 is 5.97 Å². The van der Waals surface area contributed by atoms with Crippen molar-refractivity contribution in [1.82, 2.24) is 0 Å². The Kier molecular flexibility index (Phi) is 2.58. The minimum Gasteiger partial charge on any atom is -0.619 e. The number of carbonyl (C=O) groups excluding carboxylic acids is 1. The summed E-state index contributed by atoms with van der Waals surface area (Å²) in [4.78, 5) is 12.7. The van der Waals surface area contributed by atoms with Gasteiger partial charge in [0.2, 0.25) is 0 Å². The third-order valence-corrected chi connectivity index (χ3v) is 7.03. The molecule has 1 spiro atoms. The highest BCUT2D eigenvalue weighted by Gasteiger charge is 2.67. The fourth-order valence-electron chi connectivity index (χ4n) is 6.24. The predicted octanol–water partition coefficient (Wildman–Crippen LogP) is 2.49. The summed E-state index contributed by atoms with van der Waals surface area (Å²) in [6, 6.07) is 1.94. The molecule has 2 bridgehead atoms. The summed E-state index contributed by atoms with van der Waals surface area (Å²) in [5.41, 5.74) is 2.05. The lowest BCUT2D eigenvalue weighted by Gasteiger charge is -2.47. The molecular weight excluding hydrogens is 290 g/mol. The van der Waals surface area contributed by atoms with Crippen molar-refractivity contribution >= 4 is 5.97 Å². The monoisotopic (exact) mass is 311 g/mol. The van der Waals surface area contributed by atoms with Crippen molar-refractivity contribution < 1.29 is 14.3 Å². The summed E-state index contributed by atoms with van der Waals surface area (Å²) in [5.74, 6) is 1.42. The van der Waals surface area contributed by atoms with Crippen molar-refractivity contribution in [2.24, 2.45) is 23.7 Å². The zero-order valence-corrected chi connectivity index (χ0v) is 13.1. The van der Waals surface area contributed by atoms with Crippen molar-refractivity contribution in [2.45, 2.75) is 43.6 Å². The fraction of sp³-hybridized carbons (Fsp3) is 0.579. The lowest BCUT2D eigenvalue weighted by molar-refractivity contribution is -0.606. The van der Waals surface area contributed by atoms with Gasteiger partial charge in [0.15, 0.2) is 12.4 Å². The second-order valence-electron chi connectivity index (χ2n) is 7.73. The lowest BCUT2D eigenvalue weighted by atomic mass is 9.56. The Labute approximate surface area is 135 Å². The number of carbonyl (C=O) groups is 1. The molecule has 1 aromatic rings. The molecule has 4 heteroatoms. The van der Waals surface area contributed by atoms with E-state index in [2.05, 4.69) is 6.58 Å². The maximum Gasteiger partial charge on any atom is 0.310 e. The first-order chi connectivity index (χ1) is 11.1. The van der Waals surface area contributed by atoms with Crippen LogP contribution in [0.5, 0.6) is 0 Å². The molecule has 1 aliphatic heterocycles. The number of esters is 1. The Balaban J connectivity index is 1.64. The molecule has 0 aromatic carbocycles. The molecular formula is C19H21NO3. The Morgan fingerprint density at radius 3 is 3.09 bits per heavy atom. The van der Waals surface area contributed by atoms with Gasteiger partial charge in [0, 0.05) is 35.8 Å². The summed E-state index contributed by atoms with van der Waals surface area (Å²) in [7, 11) is 0. The van der Waals surface area contributed by atoms with Crippen LogP contribution in [0.25, 0.3) is 0 Å². The topological polar surface area (TPSA) is 53.2 Å². The Bertz CT molecular complexity index is 715. The van der Waals surface area contributed by atoms with Crippen LogP contribution in [0.15, 0.2) is 31.1 Å². The summed E-state index contributed by atoms with van der Waals surface area (Å²) < 4.78 is 6.93. The molecule has 5 rings (SSSR count). The number of pyridine rings is 1. The van der Waals surface area contributed by atoms with Crippen LogP contribution >= 0.6 is 0 Å². The van der Waals surface area contributed by atoms with Crippen LogP contribution in [0.1, 0.15) is 42.7 Å². The number of aryl methyl sites for hydroxylation is 1. The number of fused-ring (bicyclic) bond motifs is 6. The number of hydrogen-bond acceptors (Lipinski definition) is 3. The molecule has 4 nitrogen and oxygen atoms in total. The molecule has 1 saturated heterocycles. The molecule has 4 aliphatic rings. The van der Waals surface area contributed by atoms with E-state index in [1.54, 1.807) is 12.4 Å². The first-order valence-electron chi connectivity index (χ1n) is 8.71. The fourth-order valence-corrected chi connectivity index (χ4v) is 6.24. The molecule has 0 N–H and O–H groups in total. The Hall–Kier alpha value is -1.84. The maximum absolute atomic E-state index is 12.7. The van der Waals surface area contributed by atoms with Gasteiger partial charge in [0.1, 0.15) is 5.60 Å². The van der Waals surface area contributed by atoms with Gasteiger partial charge in [-0.25, -0.2) is 0 Å². The van der Waals surface area contributed by atoms with Crippen molar-refractivity contribution in [1.29, 1.82) is 0 Å². The van der Waals surface area contributed by atoms with Gasteiger partial charge in [-0.1, -0.05) is 6.08 Å². The number of rotatable bonds is 1. The van der Waals surface area contributed by atoms with E-state index in [4.69, 9.17) is 4.74 Å². The molecule has 6 atom stereocenters. The van der Waals surface area contributed by atoms with E-state index < -0.39 is 0 Å².